The second kappa shape index (κ2) is 10.7. The lowest BCUT2D eigenvalue weighted by Crippen LogP contribution is -2.66. The number of hydrogen-bond donors (Lipinski definition) is 0. The van der Waals surface area contributed by atoms with Crippen molar-refractivity contribution in [2.45, 2.75) is 126 Å². The Morgan fingerprint density at radius 2 is 1.48 bits per heavy atom. The number of ketones is 1. The molecule has 6 rings (SSSR count). The van der Waals surface area contributed by atoms with Gasteiger partial charge in [-0.15, -0.1) is 0 Å². The number of nitrogens with zero attached hydrogens (tertiary/aromatic N) is 2. The molecule has 1 heterocycles. The summed E-state index contributed by atoms with van der Waals surface area (Å²) in [6.45, 7) is 21.6. The first kappa shape index (κ1) is 32.3. The Bertz CT molecular complexity index is 1250. The number of Topliss-reactive ketones (excluding diaryl/α,β-unsaturated/α-hetero) is 1. The predicted octanol–water partition coefficient (Wildman–Crippen LogP) is 7.06. The lowest BCUT2D eigenvalue weighted by atomic mass is 9.33. The summed E-state index contributed by atoms with van der Waals surface area (Å²) in [4.78, 5) is 44.6. The SMILES string of the molecule is CC(=O)O[C@H]1CC[C@]2(C)[C@H]3CCC4C5=C(C(C)C)CC[C@]5(C(=O)C(=O)N5CCN(C)CC5)CC[C@@]4(C)[C@]3(C)CC[C@H]2C1(C)C. The predicted molar refractivity (Wildman–Crippen MR) is 174 cm³/mol. The van der Waals surface area contributed by atoms with Gasteiger partial charge in [-0.05, 0) is 111 Å². The summed E-state index contributed by atoms with van der Waals surface area (Å²) in [5.74, 6) is 1.43. The zero-order valence-corrected chi connectivity index (χ0v) is 29.3. The Labute approximate surface area is 267 Å². The average Bonchev–Trinajstić information content (AvgIpc) is 3.36. The van der Waals surface area contributed by atoms with Gasteiger partial charge in [0.05, 0.1) is 5.41 Å². The van der Waals surface area contributed by atoms with Gasteiger partial charge in [-0.1, -0.05) is 59.6 Å². The van der Waals surface area contributed by atoms with Gasteiger partial charge in [-0.3, -0.25) is 14.4 Å². The molecule has 0 aromatic rings. The van der Waals surface area contributed by atoms with Crippen LogP contribution in [0.4, 0.5) is 0 Å². The van der Waals surface area contributed by atoms with E-state index in [2.05, 4.69) is 60.4 Å². The number of hydrogen-bond acceptors (Lipinski definition) is 5. The van der Waals surface area contributed by atoms with Crippen LogP contribution in [0.25, 0.3) is 0 Å². The van der Waals surface area contributed by atoms with Crippen LogP contribution < -0.4 is 0 Å². The number of piperazine rings is 1. The fourth-order valence-corrected chi connectivity index (χ4v) is 12.8. The highest BCUT2D eigenvalue weighted by molar-refractivity contribution is 6.39. The Hall–Kier alpha value is -1.69. The van der Waals surface area contributed by atoms with E-state index in [0.29, 0.717) is 36.8 Å². The van der Waals surface area contributed by atoms with Crippen molar-refractivity contribution in [1.82, 2.24) is 9.80 Å². The highest BCUT2D eigenvalue weighted by Gasteiger charge is 2.70. The number of fused-ring (bicyclic) bond motifs is 7. The molecule has 4 saturated carbocycles. The summed E-state index contributed by atoms with van der Waals surface area (Å²) in [6.07, 6.45) is 10.4. The zero-order chi connectivity index (χ0) is 32.0. The van der Waals surface area contributed by atoms with Crippen LogP contribution >= 0.6 is 0 Å². The van der Waals surface area contributed by atoms with Crippen molar-refractivity contribution in [3.8, 4) is 0 Å². The minimum Gasteiger partial charge on any atom is -0.462 e. The Kier molecular flexibility index (Phi) is 7.82. The Morgan fingerprint density at radius 1 is 0.795 bits per heavy atom. The van der Waals surface area contributed by atoms with Crippen LogP contribution in [-0.2, 0) is 19.1 Å². The molecule has 6 heteroatoms. The second-order valence-corrected chi connectivity index (χ2v) is 17.7. The standard InChI is InChI=1S/C38H60N2O4/c1-24(2)26-12-17-38(32(42)33(43)40-22-20-39(9)21-23-40)19-18-36(7)27(31(26)38)10-11-29-35(6)15-14-30(44-25(3)41)34(4,5)28(35)13-16-37(29,36)8/h24,27-30H,10-23H2,1-9H3/t27?,28-,29+,30-,35-,36+,37+,38-/m0/s1. The first-order chi connectivity index (χ1) is 20.5. The van der Waals surface area contributed by atoms with E-state index in [1.54, 1.807) is 6.92 Å². The van der Waals surface area contributed by atoms with Crippen molar-refractivity contribution < 1.29 is 19.1 Å². The van der Waals surface area contributed by atoms with Crippen LogP contribution in [0.15, 0.2) is 11.1 Å². The molecule has 1 aliphatic heterocycles. The molecule has 0 bridgehead atoms. The molecule has 0 N–H and O–H groups in total. The van der Waals surface area contributed by atoms with Gasteiger partial charge in [0.25, 0.3) is 5.91 Å². The summed E-state index contributed by atoms with van der Waals surface area (Å²) in [5.41, 5.74) is 2.73. The van der Waals surface area contributed by atoms with E-state index in [1.807, 2.05) is 4.90 Å². The van der Waals surface area contributed by atoms with Gasteiger partial charge >= 0.3 is 5.97 Å². The maximum atomic E-state index is 14.5. The van der Waals surface area contributed by atoms with E-state index >= 15 is 0 Å². The lowest BCUT2D eigenvalue weighted by molar-refractivity contribution is -0.232. The molecule has 1 unspecified atom stereocenters. The lowest BCUT2D eigenvalue weighted by Gasteiger charge is -2.72. The number of rotatable bonds is 4. The maximum absolute atomic E-state index is 14.5. The number of ether oxygens (including phenoxy) is 1. The molecule has 44 heavy (non-hydrogen) atoms. The molecule has 5 aliphatic carbocycles. The summed E-state index contributed by atoms with van der Waals surface area (Å²) >= 11 is 0. The number of carbonyl (C=O) groups excluding carboxylic acids is 3. The van der Waals surface area contributed by atoms with Crippen LogP contribution in [0.5, 0.6) is 0 Å². The number of likely N-dealkylation sites (N-methyl/N-ethyl adjacent to an activating group) is 1. The topological polar surface area (TPSA) is 66.9 Å². The van der Waals surface area contributed by atoms with Gasteiger partial charge in [0.1, 0.15) is 6.10 Å². The molecule has 5 fully saturated rings. The molecular weight excluding hydrogens is 548 g/mol. The van der Waals surface area contributed by atoms with Crippen molar-refractivity contribution >= 4 is 17.7 Å². The summed E-state index contributed by atoms with van der Waals surface area (Å²) in [6, 6.07) is 0. The summed E-state index contributed by atoms with van der Waals surface area (Å²) in [7, 11) is 2.09. The van der Waals surface area contributed by atoms with Gasteiger partial charge < -0.3 is 14.5 Å². The Morgan fingerprint density at radius 3 is 2.11 bits per heavy atom. The molecule has 0 radical (unpaired) electrons. The molecule has 0 aromatic carbocycles. The molecule has 8 atom stereocenters. The fourth-order valence-electron chi connectivity index (χ4n) is 12.8. The molecule has 0 spiro atoms. The van der Waals surface area contributed by atoms with Crippen molar-refractivity contribution in [2.75, 3.05) is 33.2 Å². The van der Waals surface area contributed by atoms with Gasteiger partial charge in [0, 0.05) is 38.5 Å². The molecule has 246 valence electrons. The first-order valence-electron chi connectivity index (χ1n) is 18.0. The first-order valence-corrected chi connectivity index (χ1v) is 18.0. The normalized spacial score (nSPS) is 43.5. The van der Waals surface area contributed by atoms with E-state index in [1.165, 1.54) is 30.4 Å². The van der Waals surface area contributed by atoms with Crippen molar-refractivity contribution in [2.24, 2.45) is 50.7 Å². The average molecular weight is 609 g/mol. The minimum absolute atomic E-state index is 0.00856. The van der Waals surface area contributed by atoms with E-state index in [0.717, 1.165) is 58.0 Å². The van der Waals surface area contributed by atoms with Gasteiger partial charge in [0.2, 0.25) is 5.78 Å². The van der Waals surface area contributed by atoms with Gasteiger partial charge in [-0.2, -0.15) is 0 Å². The molecular formula is C38H60N2O4. The van der Waals surface area contributed by atoms with Crippen LogP contribution in [0.1, 0.15) is 120 Å². The monoisotopic (exact) mass is 608 g/mol. The van der Waals surface area contributed by atoms with Gasteiger partial charge in [-0.25, -0.2) is 0 Å². The highest BCUT2D eigenvalue weighted by atomic mass is 16.5. The Balaban J connectivity index is 1.35. The number of allylic oxidation sites excluding steroid dienone is 2. The smallest absolute Gasteiger partial charge is 0.302 e. The summed E-state index contributed by atoms with van der Waals surface area (Å²) in [5, 5.41) is 0. The van der Waals surface area contributed by atoms with Crippen LogP contribution in [0.2, 0.25) is 0 Å². The van der Waals surface area contributed by atoms with Gasteiger partial charge in [0.15, 0.2) is 0 Å². The third-order valence-electron chi connectivity index (χ3n) is 15.3. The highest BCUT2D eigenvalue weighted by Crippen LogP contribution is 2.77. The molecule has 1 amide bonds. The molecule has 6 nitrogen and oxygen atoms in total. The summed E-state index contributed by atoms with van der Waals surface area (Å²) < 4.78 is 5.94. The molecule has 1 saturated heterocycles. The quantitative estimate of drug-likeness (QED) is 0.194. The van der Waals surface area contributed by atoms with E-state index in [-0.39, 0.29) is 45.4 Å². The van der Waals surface area contributed by atoms with Crippen molar-refractivity contribution in [1.29, 1.82) is 0 Å². The van der Waals surface area contributed by atoms with E-state index in [9.17, 15) is 14.4 Å². The fraction of sp³-hybridized carbons (Fsp3) is 0.868. The molecule has 0 aromatic heterocycles. The largest absolute Gasteiger partial charge is 0.462 e. The number of amides is 1. The zero-order valence-electron chi connectivity index (χ0n) is 29.3. The van der Waals surface area contributed by atoms with E-state index in [4.69, 9.17) is 4.74 Å². The molecule has 6 aliphatic rings. The van der Waals surface area contributed by atoms with Crippen LogP contribution in [0.3, 0.4) is 0 Å². The van der Waals surface area contributed by atoms with Crippen LogP contribution in [0, 0.1) is 50.7 Å². The van der Waals surface area contributed by atoms with E-state index < -0.39 is 5.41 Å². The second-order valence-electron chi connectivity index (χ2n) is 17.7. The van der Waals surface area contributed by atoms with Crippen molar-refractivity contribution in [3.63, 3.8) is 0 Å². The number of esters is 1. The minimum atomic E-state index is -0.599. The third-order valence-corrected chi connectivity index (χ3v) is 15.3. The maximum Gasteiger partial charge on any atom is 0.302 e. The van der Waals surface area contributed by atoms with Crippen molar-refractivity contribution in [3.05, 3.63) is 11.1 Å². The number of carbonyl (C=O) groups is 3. The van der Waals surface area contributed by atoms with Crippen LogP contribution in [-0.4, -0.2) is 66.8 Å². The third kappa shape index (κ3) is 4.38.